The Kier molecular flexibility index (Phi) is 3.77. The van der Waals surface area contributed by atoms with Gasteiger partial charge in [-0.2, -0.15) is 0 Å². The van der Waals surface area contributed by atoms with Gasteiger partial charge in [0, 0.05) is 11.1 Å². The van der Waals surface area contributed by atoms with Crippen molar-refractivity contribution in [2.45, 2.75) is 13.8 Å². The van der Waals surface area contributed by atoms with Crippen LogP contribution in [-0.2, 0) is 0 Å². The molecule has 124 valence electrons. The van der Waals surface area contributed by atoms with Crippen molar-refractivity contribution in [2.24, 2.45) is 0 Å². The molecule has 0 fully saturated rings. The largest absolute Gasteiger partial charge is 0.403 e. The lowest BCUT2D eigenvalue weighted by Crippen LogP contribution is -2.11. The first-order chi connectivity index (χ1) is 12.1. The van der Waals surface area contributed by atoms with E-state index in [1.165, 1.54) is 16.9 Å². The van der Waals surface area contributed by atoms with Crippen LogP contribution in [0.2, 0.25) is 0 Å². The summed E-state index contributed by atoms with van der Waals surface area (Å²) in [4.78, 5) is 16.6. The van der Waals surface area contributed by atoms with Crippen LogP contribution in [0.3, 0.4) is 0 Å². The van der Waals surface area contributed by atoms with Gasteiger partial charge in [-0.3, -0.25) is 10.1 Å². The van der Waals surface area contributed by atoms with Crippen LogP contribution in [0.25, 0.3) is 21.7 Å². The summed E-state index contributed by atoms with van der Waals surface area (Å²) in [5, 5.41) is 10.5. The molecule has 2 aromatic carbocycles. The molecule has 0 bridgehead atoms. The molecule has 6 nitrogen and oxygen atoms in total. The lowest BCUT2D eigenvalue weighted by atomic mass is 10.1. The van der Waals surface area contributed by atoms with Gasteiger partial charge in [-0.05, 0) is 55.3 Å². The van der Waals surface area contributed by atoms with Gasteiger partial charge in [0.05, 0.1) is 15.7 Å². The number of benzene rings is 2. The van der Waals surface area contributed by atoms with Gasteiger partial charge in [0.15, 0.2) is 0 Å². The van der Waals surface area contributed by atoms with Crippen LogP contribution in [-0.4, -0.2) is 21.1 Å². The summed E-state index contributed by atoms with van der Waals surface area (Å²) in [7, 11) is 0. The number of carbonyl (C=O) groups is 1. The highest BCUT2D eigenvalue weighted by Gasteiger charge is 2.14. The first-order valence-corrected chi connectivity index (χ1v) is 8.54. The number of aromatic nitrogens is 3. The number of thiazole rings is 1. The fourth-order valence-electron chi connectivity index (χ4n) is 2.43. The van der Waals surface area contributed by atoms with Crippen molar-refractivity contribution >= 4 is 33.5 Å². The van der Waals surface area contributed by atoms with Crippen LogP contribution >= 0.6 is 11.3 Å². The SMILES string of the molecule is Cc1ccc(-c2nnc(NC(=O)c3ccc4ncsc4c3)o2)cc1C. The van der Waals surface area contributed by atoms with Crippen molar-refractivity contribution in [2.75, 3.05) is 5.32 Å². The van der Waals surface area contributed by atoms with E-state index in [1.54, 1.807) is 17.6 Å². The van der Waals surface area contributed by atoms with E-state index in [-0.39, 0.29) is 11.9 Å². The Hall–Kier alpha value is -3.06. The number of nitrogens with one attached hydrogen (secondary N) is 1. The first-order valence-electron chi connectivity index (χ1n) is 7.66. The second-order valence-electron chi connectivity index (χ2n) is 5.70. The van der Waals surface area contributed by atoms with E-state index in [0.29, 0.717) is 11.5 Å². The molecule has 4 rings (SSSR count). The zero-order chi connectivity index (χ0) is 17.4. The average Bonchev–Trinajstić information content (AvgIpc) is 3.25. The molecule has 0 atom stereocenters. The predicted molar refractivity (Wildman–Crippen MR) is 96.8 cm³/mol. The summed E-state index contributed by atoms with van der Waals surface area (Å²) in [6.07, 6.45) is 0. The summed E-state index contributed by atoms with van der Waals surface area (Å²) < 4.78 is 6.52. The standard InChI is InChI=1S/C18H14N4O2S/c1-10-3-4-13(7-11(10)2)17-21-22-18(24-17)20-16(23)12-5-6-14-15(8-12)25-9-19-14/h3-9H,1-2H3,(H,20,22,23). The lowest BCUT2D eigenvalue weighted by Gasteiger charge is -2.02. The molecule has 25 heavy (non-hydrogen) atoms. The van der Waals surface area contributed by atoms with Crippen molar-refractivity contribution < 1.29 is 9.21 Å². The second kappa shape index (κ2) is 6.10. The topological polar surface area (TPSA) is 80.9 Å². The van der Waals surface area contributed by atoms with Gasteiger partial charge in [-0.15, -0.1) is 16.4 Å². The van der Waals surface area contributed by atoms with Gasteiger partial charge in [-0.1, -0.05) is 11.2 Å². The molecule has 7 heteroatoms. The number of hydrogen-bond donors (Lipinski definition) is 1. The van der Waals surface area contributed by atoms with E-state index >= 15 is 0 Å². The van der Waals surface area contributed by atoms with Crippen LogP contribution in [0.1, 0.15) is 21.5 Å². The molecule has 0 spiro atoms. The summed E-state index contributed by atoms with van der Waals surface area (Å²) in [5.41, 5.74) is 6.29. The molecule has 0 saturated heterocycles. The molecule has 0 radical (unpaired) electrons. The van der Waals surface area contributed by atoms with Crippen molar-refractivity contribution in [3.63, 3.8) is 0 Å². The monoisotopic (exact) mass is 350 g/mol. The quantitative estimate of drug-likeness (QED) is 0.598. The molecule has 2 heterocycles. The highest BCUT2D eigenvalue weighted by atomic mass is 32.1. The van der Waals surface area contributed by atoms with Gasteiger partial charge in [0.25, 0.3) is 5.91 Å². The normalized spacial score (nSPS) is 11.0. The summed E-state index contributed by atoms with van der Waals surface area (Å²) in [5.74, 6) is 0.0712. The van der Waals surface area contributed by atoms with Crippen LogP contribution < -0.4 is 5.32 Å². The van der Waals surface area contributed by atoms with E-state index in [1.807, 2.05) is 38.1 Å². The Bertz CT molecular complexity index is 1080. The number of amides is 1. The molecular weight excluding hydrogens is 336 g/mol. The molecule has 2 aromatic heterocycles. The van der Waals surface area contributed by atoms with Crippen LogP contribution in [0.15, 0.2) is 46.3 Å². The zero-order valence-corrected chi connectivity index (χ0v) is 14.4. The Morgan fingerprint density at radius 2 is 1.96 bits per heavy atom. The molecule has 1 amide bonds. The Labute approximate surface area is 147 Å². The zero-order valence-electron chi connectivity index (χ0n) is 13.6. The van der Waals surface area contributed by atoms with Crippen molar-refractivity contribution in [3.05, 3.63) is 58.6 Å². The predicted octanol–water partition coefficient (Wildman–Crippen LogP) is 4.22. The molecule has 0 unspecified atom stereocenters. The van der Waals surface area contributed by atoms with Gasteiger partial charge in [0.2, 0.25) is 5.89 Å². The van der Waals surface area contributed by atoms with Crippen molar-refractivity contribution in [1.82, 2.24) is 15.2 Å². The van der Waals surface area contributed by atoms with Crippen LogP contribution in [0.4, 0.5) is 6.01 Å². The number of anilines is 1. The molecule has 1 N–H and O–H groups in total. The fraction of sp³-hybridized carbons (Fsp3) is 0.111. The van der Waals surface area contributed by atoms with Gasteiger partial charge < -0.3 is 4.42 Å². The fourth-order valence-corrected chi connectivity index (χ4v) is 3.15. The van der Waals surface area contributed by atoms with Gasteiger partial charge >= 0.3 is 6.01 Å². The number of carbonyl (C=O) groups excluding carboxylic acids is 1. The number of fused-ring (bicyclic) bond motifs is 1. The van der Waals surface area contributed by atoms with Crippen LogP contribution in [0, 0.1) is 13.8 Å². The molecule has 0 saturated carbocycles. The number of rotatable bonds is 3. The maximum Gasteiger partial charge on any atom is 0.322 e. The van der Waals surface area contributed by atoms with E-state index in [2.05, 4.69) is 20.5 Å². The van der Waals surface area contributed by atoms with Crippen LogP contribution in [0.5, 0.6) is 0 Å². The van der Waals surface area contributed by atoms with E-state index < -0.39 is 0 Å². The maximum atomic E-state index is 12.4. The third-order valence-corrected chi connectivity index (χ3v) is 4.78. The van der Waals surface area contributed by atoms with Crippen molar-refractivity contribution in [1.29, 1.82) is 0 Å². The van der Waals surface area contributed by atoms with E-state index in [4.69, 9.17) is 4.42 Å². The summed E-state index contributed by atoms with van der Waals surface area (Å²) >= 11 is 1.49. The maximum absolute atomic E-state index is 12.4. The lowest BCUT2D eigenvalue weighted by molar-refractivity contribution is 0.102. The molecule has 4 aromatic rings. The van der Waals surface area contributed by atoms with Gasteiger partial charge in [-0.25, -0.2) is 4.98 Å². The Morgan fingerprint density at radius 1 is 1.08 bits per heavy atom. The summed E-state index contributed by atoms with van der Waals surface area (Å²) in [6.45, 7) is 4.06. The minimum Gasteiger partial charge on any atom is -0.403 e. The highest BCUT2D eigenvalue weighted by Crippen LogP contribution is 2.23. The smallest absolute Gasteiger partial charge is 0.322 e. The Balaban J connectivity index is 1.55. The number of aryl methyl sites for hydroxylation is 2. The molecule has 0 aliphatic heterocycles. The number of hydrogen-bond acceptors (Lipinski definition) is 6. The molecule has 0 aliphatic carbocycles. The first kappa shape index (κ1) is 15.5. The number of nitrogens with zero attached hydrogens (tertiary/aromatic N) is 3. The highest BCUT2D eigenvalue weighted by molar-refractivity contribution is 7.16. The minimum atomic E-state index is -0.300. The van der Waals surface area contributed by atoms with Crippen molar-refractivity contribution in [3.8, 4) is 11.5 Å². The summed E-state index contributed by atoms with van der Waals surface area (Å²) in [6, 6.07) is 11.3. The molecular formula is C18H14N4O2S. The Morgan fingerprint density at radius 3 is 2.80 bits per heavy atom. The third-order valence-electron chi connectivity index (χ3n) is 3.99. The van der Waals surface area contributed by atoms with E-state index in [9.17, 15) is 4.79 Å². The third kappa shape index (κ3) is 3.01. The second-order valence-corrected chi connectivity index (χ2v) is 6.59. The van der Waals surface area contributed by atoms with Gasteiger partial charge in [0.1, 0.15) is 0 Å². The average molecular weight is 350 g/mol. The molecule has 0 aliphatic rings. The van der Waals surface area contributed by atoms with E-state index in [0.717, 1.165) is 21.3 Å². The minimum absolute atomic E-state index is 0.0719.